The van der Waals surface area contributed by atoms with Crippen LogP contribution in [0.4, 0.5) is 23.7 Å². The Labute approximate surface area is 146 Å². The van der Waals surface area contributed by atoms with Gasteiger partial charge in [0, 0.05) is 12.3 Å². The van der Waals surface area contributed by atoms with Gasteiger partial charge in [-0.25, -0.2) is 4.79 Å². The molecule has 25 heavy (non-hydrogen) atoms. The third kappa shape index (κ3) is 4.14. The number of hydrogen-bond acceptors (Lipinski definition) is 3. The lowest BCUT2D eigenvalue weighted by atomic mass is 10.2. The molecule has 5 nitrogen and oxygen atoms in total. The number of pyridine rings is 1. The quantitative estimate of drug-likeness (QED) is 0.885. The fraction of sp³-hybridized carbons (Fsp3) is 0.250. The lowest BCUT2D eigenvalue weighted by Crippen LogP contribution is -2.57. The van der Waals surface area contributed by atoms with Crippen LogP contribution in [0.1, 0.15) is 5.69 Å². The van der Waals surface area contributed by atoms with Crippen LogP contribution < -0.4 is 10.1 Å². The molecule has 0 radical (unpaired) electrons. The normalized spacial score (nSPS) is 14.8. The number of nitrogens with zero attached hydrogens (tertiary/aromatic N) is 2. The van der Waals surface area contributed by atoms with Gasteiger partial charge in [-0.3, -0.25) is 4.98 Å². The largest absolute Gasteiger partial charge is 0.487 e. The van der Waals surface area contributed by atoms with Gasteiger partial charge in [0.1, 0.15) is 17.5 Å². The Balaban J connectivity index is 1.53. The molecule has 2 heterocycles. The number of amides is 2. The second-order valence-corrected chi connectivity index (χ2v) is 5.84. The van der Waals surface area contributed by atoms with Gasteiger partial charge in [0.05, 0.1) is 23.8 Å². The first kappa shape index (κ1) is 17.3. The minimum Gasteiger partial charge on any atom is -0.487 e. The number of para-hydroxylation sites is 1. The van der Waals surface area contributed by atoms with E-state index in [1.165, 1.54) is 11.0 Å². The van der Waals surface area contributed by atoms with Crippen molar-refractivity contribution in [3.8, 4) is 5.75 Å². The topological polar surface area (TPSA) is 54.5 Å². The molecule has 2 aromatic rings. The molecule has 1 saturated heterocycles. The van der Waals surface area contributed by atoms with Crippen LogP contribution in [-0.2, 0) is 6.18 Å². The number of aromatic nitrogens is 1. The smallest absolute Gasteiger partial charge is 0.433 e. The van der Waals surface area contributed by atoms with Crippen molar-refractivity contribution in [2.24, 2.45) is 0 Å². The summed E-state index contributed by atoms with van der Waals surface area (Å²) >= 11 is 5.97. The second kappa shape index (κ2) is 6.79. The minimum absolute atomic E-state index is 0.0680. The van der Waals surface area contributed by atoms with Gasteiger partial charge in [0.2, 0.25) is 0 Å². The molecule has 0 unspecified atom stereocenters. The number of likely N-dealkylation sites (tertiary alicyclic amines) is 1. The average molecular weight is 372 g/mol. The summed E-state index contributed by atoms with van der Waals surface area (Å²) in [6.07, 6.45) is -3.86. The highest BCUT2D eigenvalue weighted by atomic mass is 35.5. The second-order valence-electron chi connectivity index (χ2n) is 5.43. The number of nitrogens with one attached hydrogen (secondary N) is 1. The van der Waals surface area contributed by atoms with Crippen molar-refractivity contribution in [3.63, 3.8) is 0 Å². The molecule has 0 bridgehead atoms. The molecule has 1 aliphatic rings. The van der Waals surface area contributed by atoms with Gasteiger partial charge in [0.15, 0.2) is 0 Å². The third-order valence-electron chi connectivity index (χ3n) is 3.58. The van der Waals surface area contributed by atoms with E-state index in [2.05, 4.69) is 10.3 Å². The summed E-state index contributed by atoms with van der Waals surface area (Å²) < 4.78 is 43.3. The number of alkyl halides is 3. The number of hydrogen-bond donors (Lipinski definition) is 1. The van der Waals surface area contributed by atoms with Gasteiger partial charge in [0.25, 0.3) is 0 Å². The van der Waals surface area contributed by atoms with Crippen molar-refractivity contribution in [2.45, 2.75) is 12.3 Å². The Kier molecular flexibility index (Phi) is 4.71. The summed E-state index contributed by atoms with van der Waals surface area (Å²) in [5.74, 6) is 0.0680. The fourth-order valence-corrected chi connectivity index (χ4v) is 2.45. The first-order chi connectivity index (χ1) is 11.8. The van der Waals surface area contributed by atoms with Crippen molar-refractivity contribution >= 4 is 23.3 Å². The fourth-order valence-electron chi connectivity index (χ4n) is 2.27. The number of carbonyl (C=O) groups excluding carboxylic acids is 1. The van der Waals surface area contributed by atoms with Crippen LogP contribution in [0.2, 0.25) is 5.02 Å². The predicted molar refractivity (Wildman–Crippen MR) is 85.7 cm³/mol. The number of benzene rings is 1. The Hall–Kier alpha value is -2.48. The van der Waals surface area contributed by atoms with Crippen LogP contribution >= 0.6 is 11.6 Å². The molecule has 1 aliphatic heterocycles. The maximum Gasteiger partial charge on any atom is 0.433 e. The third-order valence-corrected chi connectivity index (χ3v) is 3.90. The molecule has 3 rings (SSSR count). The van der Waals surface area contributed by atoms with E-state index in [0.717, 1.165) is 12.3 Å². The monoisotopic (exact) mass is 371 g/mol. The van der Waals surface area contributed by atoms with Crippen LogP contribution in [0.3, 0.4) is 0 Å². The highest BCUT2D eigenvalue weighted by Gasteiger charge is 2.35. The van der Waals surface area contributed by atoms with Crippen molar-refractivity contribution in [1.82, 2.24) is 9.88 Å². The van der Waals surface area contributed by atoms with Crippen LogP contribution in [0.15, 0.2) is 42.6 Å². The first-order valence-electron chi connectivity index (χ1n) is 7.33. The van der Waals surface area contributed by atoms with Gasteiger partial charge >= 0.3 is 12.2 Å². The van der Waals surface area contributed by atoms with Crippen molar-refractivity contribution in [1.29, 1.82) is 0 Å². The van der Waals surface area contributed by atoms with E-state index < -0.39 is 11.9 Å². The van der Waals surface area contributed by atoms with Crippen LogP contribution in [-0.4, -0.2) is 35.1 Å². The van der Waals surface area contributed by atoms with Gasteiger partial charge in [-0.05, 0) is 18.2 Å². The molecule has 1 N–H and O–H groups in total. The summed E-state index contributed by atoms with van der Waals surface area (Å²) in [5, 5.41) is 3.08. The number of rotatable bonds is 3. The van der Waals surface area contributed by atoms with Crippen LogP contribution in [0, 0.1) is 0 Å². The average Bonchev–Trinajstić information content (AvgIpc) is 2.52. The number of anilines is 1. The zero-order valence-electron chi connectivity index (χ0n) is 12.8. The summed E-state index contributed by atoms with van der Waals surface area (Å²) in [7, 11) is 0. The summed E-state index contributed by atoms with van der Waals surface area (Å²) in [4.78, 5) is 16.8. The molecule has 0 atom stereocenters. The molecular weight excluding hydrogens is 359 g/mol. The Bertz CT molecular complexity index is 779. The lowest BCUT2D eigenvalue weighted by Gasteiger charge is -2.38. The van der Waals surface area contributed by atoms with E-state index in [1.807, 2.05) is 0 Å². The molecule has 9 heteroatoms. The van der Waals surface area contributed by atoms with E-state index in [9.17, 15) is 18.0 Å². The predicted octanol–water partition coefficient (Wildman–Crippen LogP) is 4.05. The standard InChI is InChI=1S/C16H13ClF3N3O2/c17-12-3-1-2-4-13(12)22-15(24)23-8-11(9-23)25-10-5-6-21-14(7-10)16(18,19)20/h1-7,11H,8-9H2,(H,22,24). The number of urea groups is 1. The summed E-state index contributed by atoms with van der Waals surface area (Å²) in [6, 6.07) is 8.65. The molecule has 2 amide bonds. The van der Waals surface area contributed by atoms with Gasteiger partial charge < -0.3 is 15.0 Å². The molecule has 0 aliphatic carbocycles. The van der Waals surface area contributed by atoms with Gasteiger partial charge in [-0.15, -0.1) is 0 Å². The SMILES string of the molecule is O=C(Nc1ccccc1Cl)N1CC(Oc2ccnc(C(F)(F)F)c2)C1. The Morgan fingerprint density at radius 1 is 1.28 bits per heavy atom. The highest BCUT2D eigenvalue weighted by molar-refractivity contribution is 6.33. The molecule has 1 aromatic carbocycles. The van der Waals surface area contributed by atoms with E-state index in [-0.39, 0.29) is 31.0 Å². The number of ether oxygens (including phenoxy) is 1. The van der Waals surface area contributed by atoms with Crippen molar-refractivity contribution < 1.29 is 22.7 Å². The van der Waals surface area contributed by atoms with E-state index in [0.29, 0.717) is 10.7 Å². The Morgan fingerprint density at radius 2 is 2.00 bits per heavy atom. The van der Waals surface area contributed by atoms with E-state index >= 15 is 0 Å². The van der Waals surface area contributed by atoms with Crippen LogP contribution in [0.25, 0.3) is 0 Å². The maximum absolute atomic E-state index is 12.6. The molecular formula is C16H13ClF3N3O2. The molecule has 1 aromatic heterocycles. The highest BCUT2D eigenvalue weighted by Crippen LogP contribution is 2.30. The molecule has 0 spiro atoms. The zero-order valence-corrected chi connectivity index (χ0v) is 13.5. The maximum atomic E-state index is 12.6. The lowest BCUT2D eigenvalue weighted by molar-refractivity contribution is -0.141. The molecule has 132 valence electrons. The number of carbonyl (C=O) groups is 1. The first-order valence-corrected chi connectivity index (χ1v) is 7.71. The van der Waals surface area contributed by atoms with Gasteiger partial charge in [-0.1, -0.05) is 23.7 Å². The van der Waals surface area contributed by atoms with Crippen molar-refractivity contribution in [2.75, 3.05) is 18.4 Å². The Morgan fingerprint density at radius 3 is 2.68 bits per heavy atom. The van der Waals surface area contributed by atoms with Crippen molar-refractivity contribution in [3.05, 3.63) is 53.3 Å². The van der Waals surface area contributed by atoms with E-state index in [4.69, 9.17) is 16.3 Å². The molecule has 1 fully saturated rings. The number of halogens is 4. The summed E-state index contributed by atoms with van der Waals surface area (Å²) in [5.41, 5.74) is -0.528. The van der Waals surface area contributed by atoms with E-state index in [1.54, 1.807) is 24.3 Å². The van der Waals surface area contributed by atoms with Gasteiger partial charge in [-0.2, -0.15) is 13.2 Å². The minimum atomic E-state index is -4.53. The summed E-state index contributed by atoms with van der Waals surface area (Å²) in [6.45, 7) is 0.528. The zero-order chi connectivity index (χ0) is 18.0. The van der Waals surface area contributed by atoms with Crippen LogP contribution in [0.5, 0.6) is 5.75 Å². The molecule has 0 saturated carbocycles.